The highest BCUT2D eigenvalue weighted by Crippen LogP contribution is 2.29. The molecule has 0 bridgehead atoms. The van der Waals surface area contributed by atoms with E-state index >= 15 is 0 Å². The van der Waals surface area contributed by atoms with Gasteiger partial charge in [-0.05, 0) is 29.7 Å². The van der Waals surface area contributed by atoms with Crippen LogP contribution in [-0.2, 0) is 27.3 Å². The molecule has 0 unspecified atom stereocenters. The van der Waals surface area contributed by atoms with E-state index in [2.05, 4.69) is 10.1 Å². The second-order valence-corrected chi connectivity index (χ2v) is 5.79. The summed E-state index contributed by atoms with van der Waals surface area (Å²) in [6.45, 7) is -3.24. The number of carbonyl (C=O) groups is 2. The highest BCUT2D eigenvalue weighted by Gasteiger charge is 2.12. The summed E-state index contributed by atoms with van der Waals surface area (Å²) in [7, 11) is 1.32. The van der Waals surface area contributed by atoms with Crippen LogP contribution in [0.15, 0.2) is 48.5 Å². The summed E-state index contributed by atoms with van der Waals surface area (Å²) in [5.74, 6) is -0.909. The van der Waals surface area contributed by atoms with Gasteiger partial charge in [-0.1, -0.05) is 36.4 Å². The molecule has 2 aromatic carbocycles. The minimum absolute atomic E-state index is 0.0973. The van der Waals surface area contributed by atoms with Crippen LogP contribution in [-0.4, -0.2) is 32.2 Å². The first-order chi connectivity index (χ1) is 13.5. The van der Waals surface area contributed by atoms with Crippen LogP contribution in [0.4, 0.5) is 8.78 Å². The van der Waals surface area contributed by atoms with E-state index < -0.39 is 25.1 Å². The molecule has 2 rings (SSSR count). The minimum atomic E-state index is -2.96. The van der Waals surface area contributed by atoms with Crippen molar-refractivity contribution in [3.63, 3.8) is 0 Å². The molecule has 0 radical (unpaired) electrons. The lowest BCUT2D eigenvalue weighted by molar-refractivity contribution is -0.148. The molecule has 0 aromatic heterocycles. The van der Waals surface area contributed by atoms with Gasteiger partial charge in [0, 0.05) is 13.0 Å². The van der Waals surface area contributed by atoms with E-state index in [9.17, 15) is 18.4 Å². The van der Waals surface area contributed by atoms with Gasteiger partial charge >= 0.3 is 12.6 Å². The van der Waals surface area contributed by atoms with E-state index in [0.29, 0.717) is 12.0 Å². The maximum Gasteiger partial charge on any atom is 0.387 e. The Kier molecular flexibility index (Phi) is 8.20. The van der Waals surface area contributed by atoms with Gasteiger partial charge in [0.15, 0.2) is 18.1 Å². The lowest BCUT2D eigenvalue weighted by atomic mass is 10.1. The molecular formula is C20H21F2NO5. The molecular weight excluding hydrogens is 372 g/mol. The van der Waals surface area contributed by atoms with Crippen LogP contribution in [0.25, 0.3) is 0 Å². The Hall–Kier alpha value is -3.16. The standard InChI is InChI=1S/C20H21F2NO5/c1-26-17-11-15(7-9-16(17)28-20(21)22)12-23-18(24)13-27-19(25)10-8-14-5-3-2-4-6-14/h2-7,9,11,20H,8,10,12-13H2,1H3,(H,23,24). The van der Waals surface area contributed by atoms with Gasteiger partial charge < -0.3 is 19.5 Å². The molecule has 0 atom stereocenters. The van der Waals surface area contributed by atoms with Gasteiger partial charge in [0.1, 0.15) is 0 Å². The summed E-state index contributed by atoms with van der Waals surface area (Å²) < 4.78 is 38.9. The number of rotatable bonds is 10. The molecule has 6 nitrogen and oxygen atoms in total. The van der Waals surface area contributed by atoms with Crippen molar-refractivity contribution in [2.24, 2.45) is 0 Å². The van der Waals surface area contributed by atoms with Gasteiger partial charge in [-0.15, -0.1) is 0 Å². The Bertz CT molecular complexity index is 783. The minimum Gasteiger partial charge on any atom is -0.493 e. The molecule has 0 saturated heterocycles. The first-order valence-electron chi connectivity index (χ1n) is 8.56. The van der Waals surface area contributed by atoms with Gasteiger partial charge in [-0.3, -0.25) is 9.59 Å². The predicted molar refractivity (Wildman–Crippen MR) is 97.2 cm³/mol. The summed E-state index contributed by atoms with van der Waals surface area (Å²) in [5, 5.41) is 2.58. The molecule has 2 aromatic rings. The van der Waals surface area contributed by atoms with Crippen LogP contribution in [0.1, 0.15) is 17.5 Å². The van der Waals surface area contributed by atoms with E-state index in [1.807, 2.05) is 30.3 Å². The van der Waals surface area contributed by atoms with Crippen molar-refractivity contribution in [2.75, 3.05) is 13.7 Å². The quantitative estimate of drug-likeness (QED) is 0.628. The maximum atomic E-state index is 12.3. The Labute approximate surface area is 161 Å². The summed E-state index contributed by atoms with van der Waals surface area (Å²) in [5.41, 5.74) is 1.62. The van der Waals surface area contributed by atoms with Gasteiger partial charge in [-0.25, -0.2) is 0 Å². The van der Waals surface area contributed by atoms with Crippen LogP contribution >= 0.6 is 0 Å². The number of esters is 1. The lowest BCUT2D eigenvalue weighted by Crippen LogP contribution is -2.28. The lowest BCUT2D eigenvalue weighted by Gasteiger charge is -2.12. The zero-order valence-corrected chi connectivity index (χ0v) is 15.3. The second kappa shape index (κ2) is 10.9. The van der Waals surface area contributed by atoms with Gasteiger partial charge in [0.25, 0.3) is 5.91 Å². The monoisotopic (exact) mass is 393 g/mol. The molecule has 28 heavy (non-hydrogen) atoms. The third-order valence-corrected chi connectivity index (χ3v) is 3.76. The second-order valence-electron chi connectivity index (χ2n) is 5.79. The number of halogens is 2. The van der Waals surface area contributed by atoms with Crippen LogP contribution in [0, 0.1) is 0 Å². The fourth-order valence-corrected chi connectivity index (χ4v) is 2.38. The molecule has 0 aliphatic heterocycles. The summed E-state index contributed by atoms with van der Waals surface area (Å²) in [4.78, 5) is 23.5. The topological polar surface area (TPSA) is 73.9 Å². The zero-order chi connectivity index (χ0) is 20.4. The third-order valence-electron chi connectivity index (χ3n) is 3.76. The smallest absolute Gasteiger partial charge is 0.387 e. The third kappa shape index (κ3) is 7.22. The number of hydrogen-bond acceptors (Lipinski definition) is 5. The van der Waals surface area contributed by atoms with E-state index in [1.54, 1.807) is 0 Å². The predicted octanol–water partition coefficient (Wildman–Crippen LogP) is 3.09. The maximum absolute atomic E-state index is 12.3. The summed E-state index contributed by atoms with van der Waals surface area (Å²) in [6.07, 6.45) is 0.716. The molecule has 0 aliphatic carbocycles. The number of alkyl halides is 2. The van der Waals surface area contributed by atoms with Crippen molar-refractivity contribution < 1.29 is 32.6 Å². The van der Waals surface area contributed by atoms with Crippen molar-refractivity contribution in [1.29, 1.82) is 0 Å². The normalized spacial score (nSPS) is 10.4. The van der Waals surface area contributed by atoms with Gasteiger partial charge in [0.2, 0.25) is 0 Å². The Morgan fingerprint density at radius 2 is 1.79 bits per heavy atom. The van der Waals surface area contributed by atoms with Crippen LogP contribution in [0.3, 0.4) is 0 Å². The Balaban J connectivity index is 1.73. The van der Waals surface area contributed by atoms with E-state index in [0.717, 1.165) is 5.56 Å². The van der Waals surface area contributed by atoms with Gasteiger partial charge in [-0.2, -0.15) is 8.78 Å². The number of ether oxygens (including phenoxy) is 3. The summed E-state index contributed by atoms with van der Waals surface area (Å²) in [6, 6.07) is 13.8. The molecule has 0 spiro atoms. The van der Waals surface area contributed by atoms with Crippen LogP contribution < -0.4 is 14.8 Å². The number of hydrogen-bond donors (Lipinski definition) is 1. The number of methoxy groups -OCH3 is 1. The fourth-order valence-electron chi connectivity index (χ4n) is 2.38. The average molecular weight is 393 g/mol. The molecule has 150 valence electrons. The summed E-state index contributed by atoms with van der Waals surface area (Å²) >= 11 is 0. The number of benzene rings is 2. The van der Waals surface area contributed by atoms with Gasteiger partial charge in [0.05, 0.1) is 7.11 Å². The molecule has 0 fully saturated rings. The molecule has 0 aliphatic rings. The number of nitrogens with one attached hydrogen (secondary N) is 1. The highest BCUT2D eigenvalue weighted by atomic mass is 19.3. The van der Waals surface area contributed by atoms with E-state index in [4.69, 9.17) is 9.47 Å². The molecule has 8 heteroatoms. The first kappa shape index (κ1) is 21.1. The molecule has 0 heterocycles. The number of aryl methyl sites for hydroxylation is 1. The van der Waals surface area contributed by atoms with Crippen molar-refractivity contribution in [3.05, 3.63) is 59.7 Å². The molecule has 0 saturated carbocycles. The van der Waals surface area contributed by atoms with Crippen LogP contribution in [0.2, 0.25) is 0 Å². The Morgan fingerprint density at radius 3 is 2.46 bits per heavy atom. The number of carbonyl (C=O) groups excluding carboxylic acids is 2. The largest absolute Gasteiger partial charge is 0.493 e. The van der Waals surface area contributed by atoms with Crippen molar-refractivity contribution >= 4 is 11.9 Å². The zero-order valence-electron chi connectivity index (χ0n) is 15.3. The highest BCUT2D eigenvalue weighted by molar-refractivity contribution is 5.80. The molecule has 1 amide bonds. The van der Waals surface area contributed by atoms with Crippen molar-refractivity contribution in [1.82, 2.24) is 5.32 Å². The van der Waals surface area contributed by atoms with E-state index in [1.165, 1.54) is 25.3 Å². The van der Waals surface area contributed by atoms with Crippen LogP contribution in [0.5, 0.6) is 11.5 Å². The van der Waals surface area contributed by atoms with Crippen molar-refractivity contribution in [3.8, 4) is 11.5 Å². The van der Waals surface area contributed by atoms with E-state index in [-0.39, 0.29) is 24.5 Å². The Morgan fingerprint density at radius 1 is 1.04 bits per heavy atom. The number of amides is 1. The fraction of sp³-hybridized carbons (Fsp3) is 0.300. The van der Waals surface area contributed by atoms with Crippen molar-refractivity contribution in [2.45, 2.75) is 26.0 Å². The first-order valence-corrected chi connectivity index (χ1v) is 8.56. The molecule has 1 N–H and O–H groups in total. The SMILES string of the molecule is COc1cc(CNC(=O)COC(=O)CCc2ccccc2)ccc1OC(F)F. The average Bonchev–Trinajstić information content (AvgIpc) is 2.70.